The summed E-state index contributed by atoms with van der Waals surface area (Å²) in [6.45, 7) is 9.71. The Labute approximate surface area is 105 Å². The highest BCUT2D eigenvalue weighted by Crippen LogP contribution is 2.24. The monoisotopic (exact) mass is 235 g/mol. The molecule has 2 heteroatoms. The molecular formula is C15H25NO. The number of ether oxygens (including phenoxy) is 1. The molecule has 0 saturated carbocycles. The molecule has 0 heterocycles. The molecule has 0 bridgehead atoms. The molecule has 1 unspecified atom stereocenters. The van der Waals surface area contributed by atoms with Crippen LogP contribution in [0.1, 0.15) is 51.2 Å². The van der Waals surface area contributed by atoms with E-state index < -0.39 is 0 Å². The van der Waals surface area contributed by atoms with E-state index in [1.54, 1.807) is 7.11 Å². The van der Waals surface area contributed by atoms with Gasteiger partial charge >= 0.3 is 0 Å². The maximum atomic E-state index is 5.41. The summed E-state index contributed by atoms with van der Waals surface area (Å²) in [6, 6.07) is 7.01. The minimum atomic E-state index is 0.544. The summed E-state index contributed by atoms with van der Waals surface area (Å²) in [4.78, 5) is 0. The average Bonchev–Trinajstić information content (AvgIpc) is 2.35. The van der Waals surface area contributed by atoms with Crippen LogP contribution in [0.25, 0.3) is 0 Å². The van der Waals surface area contributed by atoms with Gasteiger partial charge in [-0.05, 0) is 30.9 Å². The van der Waals surface area contributed by atoms with Crippen LogP contribution in [0.5, 0.6) is 5.75 Å². The molecule has 0 aliphatic heterocycles. The lowest BCUT2D eigenvalue weighted by molar-refractivity contribution is 0.405. The molecule has 0 aliphatic rings. The van der Waals surface area contributed by atoms with Crippen molar-refractivity contribution in [1.29, 1.82) is 0 Å². The minimum absolute atomic E-state index is 0.544. The summed E-state index contributed by atoms with van der Waals surface area (Å²) in [5.41, 5.74) is 2.62. The van der Waals surface area contributed by atoms with Crippen LogP contribution in [-0.2, 0) is 6.54 Å². The lowest BCUT2D eigenvalue weighted by Crippen LogP contribution is -2.24. The molecular weight excluding hydrogens is 210 g/mol. The third-order valence-corrected chi connectivity index (χ3v) is 3.22. The van der Waals surface area contributed by atoms with Crippen LogP contribution in [0, 0.1) is 0 Å². The van der Waals surface area contributed by atoms with Gasteiger partial charge in [0.05, 0.1) is 7.11 Å². The van der Waals surface area contributed by atoms with Gasteiger partial charge in [-0.2, -0.15) is 0 Å². The maximum Gasteiger partial charge on any atom is 0.123 e. The van der Waals surface area contributed by atoms with Gasteiger partial charge in [-0.25, -0.2) is 0 Å². The Morgan fingerprint density at radius 1 is 1.24 bits per heavy atom. The van der Waals surface area contributed by atoms with Crippen LogP contribution in [0.2, 0.25) is 0 Å². The highest BCUT2D eigenvalue weighted by Gasteiger charge is 2.07. The van der Waals surface area contributed by atoms with Gasteiger partial charge in [-0.3, -0.25) is 0 Å². The summed E-state index contributed by atoms with van der Waals surface area (Å²) in [5, 5.41) is 3.51. The first-order chi connectivity index (χ1) is 8.08. The van der Waals surface area contributed by atoms with Crippen molar-refractivity contribution < 1.29 is 4.74 Å². The predicted octanol–water partition coefficient (Wildman–Crippen LogP) is 3.71. The van der Waals surface area contributed by atoms with Crippen molar-refractivity contribution in [2.45, 2.75) is 52.6 Å². The fraction of sp³-hybridized carbons (Fsp3) is 0.600. The van der Waals surface area contributed by atoms with E-state index in [4.69, 9.17) is 4.74 Å². The molecule has 0 fully saturated rings. The molecule has 0 spiro atoms. The van der Waals surface area contributed by atoms with Crippen LogP contribution in [0.3, 0.4) is 0 Å². The maximum absolute atomic E-state index is 5.41. The second kappa shape index (κ2) is 6.65. The molecule has 17 heavy (non-hydrogen) atoms. The number of methoxy groups -OCH3 is 1. The Morgan fingerprint density at radius 2 is 1.94 bits per heavy atom. The summed E-state index contributed by atoms with van der Waals surface area (Å²) < 4.78 is 5.41. The van der Waals surface area contributed by atoms with E-state index in [2.05, 4.69) is 51.2 Å². The van der Waals surface area contributed by atoms with Crippen LogP contribution in [0.4, 0.5) is 0 Å². The Hall–Kier alpha value is -1.02. The summed E-state index contributed by atoms with van der Waals surface area (Å²) in [5.74, 6) is 1.54. The zero-order chi connectivity index (χ0) is 12.8. The molecule has 0 aromatic heterocycles. The van der Waals surface area contributed by atoms with E-state index >= 15 is 0 Å². The first-order valence-electron chi connectivity index (χ1n) is 6.48. The molecule has 0 saturated heterocycles. The van der Waals surface area contributed by atoms with Crippen molar-refractivity contribution in [2.75, 3.05) is 7.11 Å². The molecule has 0 radical (unpaired) electrons. The molecule has 0 amide bonds. The third-order valence-electron chi connectivity index (χ3n) is 3.22. The van der Waals surface area contributed by atoms with Crippen LogP contribution in [0.15, 0.2) is 18.2 Å². The van der Waals surface area contributed by atoms with Crippen LogP contribution < -0.4 is 10.1 Å². The van der Waals surface area contributed by atoms with E-state index in [0.717, 1.165) is 18.7 Å². The van der Waals surface area contributed by atoms with Crippen molar-refractivity contribution >= 4 is 0 Å². The smallest absolute Gasteiger partial charge is 0.123 e. The van der Waals surface area contributed by atoms with Gasteiger partial charge in [-0.15, -0.1) is 0 Å². The minimum Gasteiger partial charge on any atom is -0.496 e. The quantitative estimate of drug-likeness (QED) is 0.811. The van der Waals surface area contributed by atoms with Crippen molar-refractivity contribution in [1.82, 2.24) is 5.32 Å². The van der Waals surface area contributed by atoms with Gasteiger partial charge in [0, 0.05) is 18.2 Å². The fourth-order valence-corrected chi connectivity index (χ4v) is 1.72. The molecule has 1 aromatic rings. The summed E-state index contributed by atoms with van der Waals surface area (Å²) in [7, 11) is 1.73. The second-order valence-corrected chi connectivity index (χ2v) is 4.92. The van der Waals surface area contributed by atoms with Crippen molar-refractivity contribution in [3.63, 3.8) is 0 Å². The normalized spacial score (nSPS) is 12.8. The van der Waals surface area contributed by atoms with Crippen molar-refractivity contribution in [2.24, 2.45) is 0 Å². The SMILES string of the molecule is CCC(C)NCc1cc(C(C)C)ccc1OC. The first-order valence-corrected chi connectivity index (χ1v) is 6.48. The number of rotatable bonds is 6. The average molecular weight is 235 g/mol. The number of hydrogen-bond donors (Lipinski definition) is 1. The Morgan fingerprint density at radius 3 is 2.47 bits per heavy atom. The van der Waals surface area contributed by atoms with Crippen LogP contribution >= 0.6 is 0 Å². The predicted molar refractivity (Wildman–Crippen MR) is 73.7 cm³/mol. The van der Waals surface area contributed by atoms with E-state index in [1.165, 1.54) is 11.1 Å². The summed E-state index contributed by atoms with van der Waals surface area (Å²) >= 11 is 0. The van der Waals surface area contributed by atoms with Crippen LogP contribution in [-0.4, -0.2) is 13.2 Å². The van der Waals surface area contributed by atoms with Gasteiger partial charge in [-0.1, -0.05) is 32.9 Å². The fourth-order valence-electron chi connectivity index (χ4n) is 1.72. The molecule has 96 valence electrons. The van der Waals surface area contributed by atoms with Crippen molar-refractivity contribution in [3.8, 4) is 5.75 Å². The van der Waals surface area contributed by atoms with Crippen molar-refractivity contribution in [3.05, 3.63) is 29.3 Å². The highest BCUT2D eigenvalue weighted by molar-refractivity contribution is 5.38. The lowest BCUT2D eigenvalue weighted by atomic mass is 10.00. The molecule has 1 N–H and O–H groups in total. The second-order valence-electron chi connectivity index (χ2n) is 4.92. The Balaban J connectivity index is 2.82. The van der Waals surface area contributed by atoms with Gasteiger partial charge in [0.25, 0.3) is 0 Å². The Kier molecular flexibility index (Phi) is 5.49. The molecule has 0 aliphatic carbocycles. The molecule has 2 nitrogen and oxygen atoms in total. The molecule has 1 rings (SSSR count). The number of hydrogen-bond acceptors (Lipinski definition) is 2. The van der Waals surface area contributed by atoms with E-state index in [0.29, 0.717) is 12.0 Å². The standard InChI is InChI=1S/C15H25NO/c1-6-12(4)16-10-14-9-13(11(2)3)7-8-15(14)17-5/h7-9,11-12,16H,6,10H2,1-5H3. The topological polar surface area (TPSA) is 21.3 Å². The Bertz CT molecular complexity index is 347. The zero-order valence-electron chi connectivity index (χ0n) is 11.7. The number of benzene rings is 1. The lowest BCUT2D eigenvalue weighted by Gasteiger charge is -2.16. The number of nitrogens with one attached hydrogen (secondary N) is 1. The van der Waals surface area contributed by atoms with E-state index in [9.17, 15) is 0 Å². The first kappa shape index (κ1) is 14.0. The summed E-state index contributed by atoms with van der Waals surface area (Å²) in [6.07, 6.45) is 1.15. The van der Waals surface area contributed by atoms with E-state index in [-0.39, 0.29) is 0 Å². The largest absolute Gasteiger partial charge is 0.496 e. The highest BCUT2D eigenvalue weighted by atomic mass is 16.5. The zero-order valence-corrected chi connectivity index (χ0v) is 11.7. The molecule has 1 aromatic carbocycles. The van der Waals surface area contributed by atoms with Gasteiger partial charge < -0.3 is 10.1 Å². The third kappa shape index (κ3) is 4.04. The van der Waals surface area contributed by atoms with Gasteiger partial charge in [0.2, 0.25) is 0 Å². The van der Waals surface area contributed by atoms with Gasteiger partial charge in [0.1, 0.15) is 5.75 Å². The molecule has 1 atom stereocenters. The van der Waals surface area contributed by atoms with Gasteiger partial charge in [0.15, 0.2) is 0 Å². The van der Waals surface area contributed by atoms with E-state index in [1.807, 2.05) is 0 Å².